The number of hydrogen-bond donors (Lipinski definition) is 4. The molecule has 0 bridgehead atoms. The van der Waals surface area contributed by atoms with Gasteiger partial charge in [-0.3, -0.25) is 9.36 Å². The Morgan fingerprint density at radius 1 is 1.07 bits per heavy atom. The molecule has 0 fully saturated rings. The number of aromatic nitrogens is 6. The molecular formula is C24H23ClF3N7O5. The van der Waals surface area contributed by atoms with Crippen molar-refractivity contribution >= 4 is 17.5 Å². The number of amides is 1. The summed E-state index contributed by atoms with van der Waals surface area (Å²) in [7, 11) is 0. The number of nitrogens with one attached hydrogen (secondary N) is 1. The molecule has 2 atom stereocenters. The van der Waals surface area contributed by atoms with Gasteiger partial charge in [-0.15, -0.1) is 10.2 Å². The van der Waals surface area contributed by atoms with Gasteiger partial charge in [-0.1, -0.05) is 23.7 Å². The van der Waals surface area contributed by atoms with E-state index in [0.29, 0.717) is 20.8 Å². The minimum atomic E-state index is -4.96. The number of alkyl halides is 3. The number of aliphatic hydroxyl groups is 3. The van der Waals surface area contributed by atoms with E-state index in [4.69, 9.17) is 16.7 Å². The lowest BCUT2D eigenvalue weighted by Crippen LogP contribution is -2.37. The highest BCUT2D eigenvalue weighted by atomic mass is 35.5. The molecule has 2 aromatic heterocycles. The SMILES string of the molecule is O=C(NCC(O)CO)c1ccccc1-n1cnc(Cn2nc(-c3ccc(Cl)cc3)n(CC(O)C(F)(F)F)c2=O)n1. The molecule has 0 aliphatic heterocycles. The topological polar surface area (TPSA) is 160 Å². The van der Waals surface area contributed by atoms with Gasteiger partial charge in [0.15, 0.2) is 17.8 Å². The molecule has 4 rings (SSSR count). The Balaban J connectivity index is 1.64. The molecule has 12 nitrogen and oxygen atoms in total. The van der Waals surface area contributed by atoms with E-state index in [9.17, 15) is 33.0 Å². The Labute approximate surface area is 228 Å². The van der Waals surface area contributed by atoms with Crippen LogP contribution in [0, 0.1) is 0 Å². The number of benzene rings is 2. The fourth-order valence-electron chi connectivity index (χ4n) is 3.65. The summed E-state index contributed by atoms with van der Waals surface area (Å²) >= 11 is 5.90. The van der Waals surface area contributed by atoms with Gasteiger partial charge < -0.3 is 20.6 Å². The smallest absolute Gasteiger partial charge is 0.394 e. The highest BCUT2D eigenvalue weighted by Crippen LogP contribution is 2.24. The summed E-state index contributed by atoms with van der Waals surface area (Å²) < 4.78 is 42.1. The van der Waals surface area contributed by atoms with E-state index < -0.39 is 43.1 Å². The summed E-state index contributed by atoms with van der Waals surface area (Å²) in [5.74, 6) is -0.626. The normalized spacial score (nSPS) is 13.3. The number of rotatable bonds is 10. The van der Waals surface area contributed by atoms with Crippen LogP contribution < -0.4 is 11.0 Å². The number of aliphatic hydroxyl groups excluding tert-OH is 3. The van der Waals surface area contributed by atoms with Crippen LogP contribution in [0.2, 0.25) is 5.02 Å². The van der Waals surface area contributed by atoms with Crippen LogP contribution in [0.3, 0.4) is 0 Å². The lowest BCUT2D eigenvalue weighted by Gasteiger charge is -2.15. The van der Waals surface area contributed by atoms with E-state index in [1.54, 1.807) is 18.2 Å². The third kappa shape index (κ3) is 6.56. The number of para-hydroxylation sites is 1. The minimum Gasteiger partial charge on any atom is -0.394 e. The Hall–Kier alpha value is -4.05. The van der Waals surface area contributed by atoms with Gasteiger partial charge in [-0.25, -0.2) is 19.1 Å². The molecule has 2 unspecified atom stereocenters. The Morgan fingerprint density at radius 3 is 2.45 bits per heavy atom. The summed E-state index contributed by atoms with van der Waals surface area (Å²) in [6.45, 7) is -2.14. The molecule has 4 N–H and O–H groups in total. The molecule has 0 saturated heterocycles. The first-order valence-electron chi connectivity index (χ1n) is 11.7. The van der Waals surface area contributed by atoms with Gasteiger partial charge in [0.2, 0.25) is 0 Å². The fraction of sp³-hybridized carbons (Fsp3) is 0.292. The maximum atomic E-state index is 13.1. The quantitative estimate of drug-likeness (QED) is 0.216. The number of hydrogen-bond acceptors (Lipinski definition) is 8. The zero-order chi connectivity index (χ0) is 29.0. The van der Waals surface area contributed by atoms with E-state index in [1.165, 1.54) is 41.3 Å². The van der Waals surface area contributed by atoms with Crippen LogP contribution in [0.25, 0.3) is 17.1 Å². The maximum absolute atomic E-state index is 13.1. The van der Waals surface area contributed by atoms with Crippen LogP contribution in [0.15, 0.2) is 59.7 Å². The van der Waals surface area contributed by atoms with Crippen molar-refractivity contribution in [3.63, 3.8) is 0 Å². The van der Waals surface area contributed by atoms with E-state index in [-0.39, 0.29) is 30.3 Å². The zero-order valence-electron chi connectivity index (χ0n) is 20.5. The van der Waals surface area contributed by atoms with Gasteiger partial charge in [0.1, 0.15) is 12.9 Å². The zero-order valence-corrected chi connectivity index (χ0v) is 21.3. The molecule has 0 spiro atoms. The summed E-state index contributed by atoms with van der Waals surface area (Å²) in [6.07, 6.45) is -7.64. The van der Waals surface area contributed by atoms with Crippen LogP contribution in [-0.2, 0) is 13.1 Å². The number of carbonyl (C=O) groups is 1. The number of carbonyl (C=O) groups excluding carboxylic acids is 1. The molecule has 2 aromatic carbocycles. The number of nitrogens with zero attached hydrogens (tertiary/aromatic N) is 6. The maximum Gasteiger partial charge on any atom is 0.416 e. The molecule has 1 amide bonds. The highest BCUT2D eigenvalue weighted by Gasteiger charge is 2.39. The van der Waals surface area contributed by atoms with Crippen molar-refractivity contribution in [3.05, 3.63) is 81.8 Å². The highest BCUT2D eigenvalue weighted by molar-refractivity contribution is 6.30. The molecule has 0 aliphatic carbocycles. The van der Waals surface area contributed by atoms with E-state index in [1.807, 2.05) is 0 Å². The molecule has 0 saturated carbocycles. The third-order valence-electron chi connectivity index (χ3n) is 5.69. The van der Waals surface area contributed by atoms with Gasteiger partial charge >= 0.3 is 11.9 Å². The van der Waals surface area contributed by atoms with Gasteiger partial charge in [-0.2, -0.15) is 13.2 Å². The molecule has 2 heterocycles. The lowest BCUT2D eigenvalue weighted by molar-refractivity contribution is -0.207. The monoisotopic (exact) mass is 581 g/mol. The molecule has 0 radical (unpaired) electrons. The average molecular weight is 582 g/mol. The van der Waals surface area contributed by atoms with Crippen molar-refractivity contribution in [3.8, 4) is 17.1 Å². The Kier molecular flexibility index (Phi) is 8.68. The molecule has 0 aliphatic rings. The average Bonchev–Trinajstić information content (AvgIpc) is 3.52. The van der Waals surface area contributed by atoms with Crippen molar-refractivity contribution < 1.29 is 33.3 Å². The van der Waals surface area contributed by atoms with E-state index in [0.717, 1.165) is 4.68 Å². The van der Waals surface area contributed by atoms with Crippen LogP contribution in [0.5, 0.6) is 0 Å². The second kappa shape index (κ2) is 12.0. The minimum absolute atomic E-state index is 0.0525. The summed E-state index contributed by atoms with van der Waals surface area (Å²) in [5, 5.41) is 39.4. The Bertz CT molecular complexity index is 1530. The Morgan fingerprint density at radius 2 is 1.77 bits per heavy atom. The first-order valence-corrected chi connectivity index (χ1v) is 12.1. The predicted molar refractivity (Wildman–Crippen MR) is 135 cm³/mol. The van der Waals surface area contributed by atoms with Crippen LogP contribution >= 0.6 is 11.6 Å². The lowest BCUT2D eigenvalue weighted by atomic mass is 10.1. The van der Waals surface area contributed by atoms with Crippen LogP contribution in [0.1, 0.15) is 16.2 Å². The fourth-order valence-corrected chi connectivity index (χ4v) is 3.78. The first-order chi connectivity index (χ1) is 19.0. The van der Waals surface area contributed by atoms with Crippen molar-refractivity contribution in [2.75, 3.05) is 13.2 Å². The molecule has 40 heavy (non-hydrogen) atoms. The summed E-state index contributed by atoms with van der Waals surface area (Å²) in [6, 6.07) is 12.2. The molecule has 212 valence electrons. The van der Waals surface area contributed by atoms with E-state index >= 15 is 0 Å². The van der Waals surface area contributed by atoms with Crippen molar-refractivity contribution in [1.29, 1.82) is 0 Å². The van der Waals surface area contributed by atoms with Crippen LogP contribution in [0.4, 0.5) is 13.2 Å². The second-order valence-corrected chi connectivity index (χ2v) is 9.04. The number of halogens is 4. The van der Waals surface area contributed by atoms with Crippen molar-refractivity contribution in [2.24, 2.45) is 0 Å². The second-order valence-electron chi connectivity index (χ2n) is 8.61. The molecule has 16 heteroatoms. The first kappa shape index (κ1) is 28.9. The van der Waals surface area contributed by atoms with Crippen molar-refractivity contribution in [2.45, 2.75) is 31.5 Å². The summed E-state index contributed by atoms with van der Waals surface area (Å²) in [4.78, 5) is 29.8. The van der Waals surface area contributed by atoms with Gasteiger partial charge in [0.25, 0.3) is 5.91 Å². The predicted octanol–water partition coefficient (Wildman–Crippen LogP) is 1.00. The van der Waals surface area contributed by atoms with E-state index in [2.05, 4.69) is 20.5 Å². The third-order valence-corrected chi connectivity index (χ3v) is 5.95. The standard InChI is InChI=1S/C24H23ClF3N7O5/c25-15-7-5-14(6-8-15)21-32-34(23(40)33(21)10-19(38)24(26,27)28)11-20-30-13-35(31-20)18-4-2-1-3-17(18)22(39)29-9-16(37)12-36/h1-8,13,16,19,36-38H,9-12H2,(H,29,39). The summed E-state index contributed by atoms with van der Waals surface area (Å²) in [5.41, 5.74) is -0.159. The van der Waals surface area contributed by atoms with Crippen LogP contribution in [-0.4, -0.2) is 81.9 Å². The molecular weight excluding hydrogens is 559 g/mol. The van der Waals surface area contributed by atoms with Gasteiger partial charge in [0, 0.05) is 17.1 Å². The van der Waals surface area contributed by atoms with Gasteiger partial charge in [0.05, 0.1) is 30.5 Å². The van der Waals surface area contributed by atoms with Crippen molar-refractivity contribution in [1.82, 2.24) is 34.4 Å². The molecule has 4 aromatic rings. The largest absolute Gasteiger partial charge is 0.416 e. The van der Waals surface area contributed by atoms with Gasteiger partial charge in [-0.05, 0) is 36.4 Å².